The van der Waals surface area contributed by atoms with Gasteiger partial charge < -0.3 is 10.2 Å². The van der Waals surface area contributed by atoms with Crippen LogP contribution in [0, 0.1) is 0 Å². The number of halogens is 3. The molecule has 4 nitrogen and oxygen atoms in total. The van der Waals surface area contributed by atoms with Gasteiger partial charge in [-0.15, -0.1) is 0 Å². The summed E-state index contributed by atoms with van der Waals surface area (Å²) in [6.07, 6.45) is -3.46. The summed E-state index contributed by atoms with van der Waals surface area (Å²) in [5, 5.41) is 17.6. The summed E-state index contributed by atoms with van der Waals surface area (Å²) in [6, 6.07) is 1.82. The molecule has 18 heavy (non-hydrogen) atoms. The maximum Gasteiger partial charge on any atom is 0.416 e. The minimum Gasteiger partial charge on any atom is -0.507 e. The highest BCUT2D eigenvalue weighted by atomic mass is 19.4. The Bertz CT molecular complexity index is 518. The summed E-state index contributed by atoms with van der Waals surface area (Å²) in [6.45, 7) is 0. The Hall–Kier alpha value is -2.31. The van der Waals surface area contributed by atoms with Crippen molar-refractivity contribution in [1.82, 2.24) is 0 Å². The van der Waals surface area contributed by atoms with Crippen LogP contribution in [0.3, 0.4) is 0 Å². The number of phenols is 1. The van der Waals surface area contributed by atoms with E-state index in [1.807, 2.05) is 0 Å². The largest absolute Gasteiger partial charge is 0.507 e. The van der Waals surface area contributed by atoms with E-state index in [0.29, 0.717) is 24.3 Å². The van der Waals surface area contributed by atoms with Crippen LogP contribution in [0.5, 0.6) is 5.75 Å². The van der Waals surface area contributed by atoms with Crippen molar-refractivity contribution in [2.24, 2.45) is 0 Å². The Kier molecular flexibility index (Phi) is 3.75. The summed E-state index contributed by atoms with van der Waals surface area (Å²) in [5.41, 5.74) is -1.50. The van der Waals surface area contributed by atoms with E-state index in [0.717, 1.165) is 6.07 Å². The van der Waals surface area contributed by atoms with Gasteiger partial charge in [0.05, 0.1) is 11.1 Å². The first-order valence-corrected chi connectivity index (χ1v) is 4.57. The molecule has 2 N–H and O–H groups in total. The van der Waals surface area contributed by atoms with Crippen molar-refractivity contribution in [2.45, 2.75) is 6.18 Å². The fraction of sp³-hybridized carbons (Fsp3) is 0.0909. The number of carboxylic acid groups (broad SMARTS) is 1. The van der Waals surface area contributed by atoms with Crippen molar-refractivity contribution in [3.8, 4) is 5.75 Å². The first-order chi connectivity index (χ1) is 8.21. The number of aromatic hydroxyl groups is 1. The lowest BCUT2D eigenvalue weighted by Gasteiger charge is -2.08. The lowest BCUT2D eigenvalue weighted by molar-refractivity contribution is -0.137. The van der Waals surface area contributed by atoms with Crippen molar-refractivity contribution in [3.05, 3.63) is 41.5 Å². The molecule has 0 bridgehead atoms. The Morgan fingerprint density at radius 3 is 2.22 bits per heavy atom. The maximum absolute atomic E-state index is 12.3. The quantitative estimate of drug-likeness (QED) is 0.645. The van der Waals surface area contributed by atoms with Crippen LogP contribution in [-0.4, -0.2) is 22.0 Å². The predicted octanol–water partition coefficient (Wildman–Crippen LogP) is 2.23. The molecule has 1 rings (SSSR count). The molecule has 1 aromatic rings. The highest BCUT2D eigenvalue weighted by Crippen LogP contribution is 2.32. The van der Waals surface area contributed by atoms with Crippen molar-refractivity contribution < 1.29 is 33.0 Å². The number of hydrogen-bond donors (Lipinski definition) is 2. The Morgan fingerprint density at radius 1 is 1.17 bits per heavy atom. The third kappa shape index (κ3) is 3.34. The minimum absolute atomic E-state index is 0.402. The number of ketones is 1. The van der Waals surface area contributed by atoms with Crippen LogP contribution in [0.2, 0.25) is 0 Å². The highest BCUT2D eigenvalue weighted by Gasteiger charge is 2.31. The van der Waals surface area contributed by atoms with Gasteiger partial charge in [-0.2, -0.15) is 13.2 Å². The van der Waals surface area contributed by atoms with E-state index in [9.17, 15) is 27.9 Å². The van der Waals surface area contributed by atoms with E-state index in [4.69, 9.17) is 5.11 Å². The van der Waals surface area contributed by atoms with Crippen LogP contribution in [0.15, 0.2) is 30.4 Å². The van der Waals surface area contributed by atoms with Crippen molar-refractivity contribution in [1.29, 1.82) is 0 Å². The molecule has 96 valence electrons. The molecule has 0 radical (unpaired) electrons. The number of alkyl halides is 3. The summed E-state index contributed by atoms with van der Waals surface area (Å²) in [7, 11) is 0. The standard InChI is InChI=1S/C11H7F3O4/c12-11(13,14)6-1-2-7(9(16)5-6)8(15)3-4-10(17)18/h1-5,16H,(H,17,18)/b4-3+. The van der Waals surface area contributed by atoms with Gasteiger partial charge in [-0.05, 0) is 24.3 Å². The van der Waals surface area contributed by atoms with Crippen LogP contribution in [0.25, 0.3) is 0 Å². The molecule has 0 saturated carbocycles. The first-order valence-electron chi connectivity index (χ1n) is 4.57. The normalized spacial score (nSPS) is 11.7. The lowest BCUT2D eigenvalue weighted by atomic mass is 10.1. The molecule has 0 atom stereocenters. The number of carbonyl (C=O) groups excluding carboxylic acids is 1. The third-order valence-electron chi connectivity index (χ3n) is 1.97. The minimum atomic E-state index is -4.63. The number of phenolic OH excluding ortho intramolecular Hbond substituents is 1. The number of benzene rings is 1. The zero-order valence-corrected chi connectivity index (χ0v) is 8.73. The summed E-state index contributed by atoms with van der Waals surface area (Å²) in [4.78, 5) is 21.5. The van der Waals surface area contributed by atoms with Crippen LogP contribution in [-0.2, 0) is 11.0 Å². The van der Waals surface area contributed by atoms with Crippen LogP contribution in [0.1, 0.15) is 15.9 Å². The van der Waals surface area contributed by atoms with Gasteiger partial charge in [0.15, 0.2) is 5.78 Å². The number of rotatable bonds is 3. The second-order valence-electron chi connectivity index (χ2n) is 3.27. The fourth-order valence-corrected chi connectivity index (χ4v) is 1.15. The van der Waals surface area contributed by atoms with Gasteiger partial charge in [0, 0.05) is 6.08 Å². The van der Waals surface area contributed by atoms with E-state index in [1.165, 1.54) is 0 Å². The number of allylic oxidation sites excluding steroid dienone is 1. The van der Waals surface area contributed by atoms with E-state index >= 15 is 0 Å². The van der Waals surface area contributed by atoms with Gasteiger partial charge in [0.25, 0.3) is 0 Å². The average Bonchev–Trinajstić information content (AvgIpc) is 2.24. The lowest BCUT2D eigenvalue weighted by Crippen LogP contribution is -2.06. The highest BCUT2D eigenvalue weighted by molar-refractivity contribution is 6.08. The number of hydrogen-bond acceptors (Lipinski definition) is 3. The van der Waals surface area contributed by atoms with Gasteiger partial charge in [-0.3, -0.25) is 4.79 Å². The Morgan fingerprint density at radius 2 is 1.78 bits per heavy atom. The van der Waals surface area contributed by atoms with E-state index in [2.05, 4.69) is 0 Å². The van der Waals surface area contributed by atoms with Gasteiger partial charge in [-0.1, -0.05) is 0 Å². The summed E-state index contributed by atoms with van der Waals surface area (Å²) in [5.74, 6) is -3.14. The predicted molar refractivity (Wildman–Crippen MR) is 54.2 cm³/mol. The Labute approximate surface area is 99.0 Å². The first kappa shape index (κ1) is 13.8. The molecule has 0 heterocycles. The van der Waals surface area contributed by atoms with E-state index in [-0.39, 0.29) is 0 Å². The average molecular weight is 260 g/mol. The molecule has 0 aliphatic heterocycles. The maximum atomic E-state index is 12.3. The molecule has 0 unspecified atom stereocenters. The van der Waals surface area contributed by atoms with Crippen LogP contribution < -0.4 is 0 Å². The van der Waals surface area contributed by atoms with Crippen molar-refractivity contribution >= 4 is 11.8 Å². The SMILES string of the molecule is O=C(O)/C=C/C(=O)c1ccc(C(F)(F)F)cc1O. The number of carbonyl (C=O) groups is 2. The van der Waals surface area contributed by atoms with Crippen LogP contribution >= 0.6 is 0 Å². The van der Waals surface area contributed by atoms with Crippen LogP contribution in [0.4, 0.5) is 13.2 Å². The molecular weight excluding hydrogens is 253 g/mol. The molecule has 1 aromatic carbocycles. The molecule has 7 heteroatoms. The molecule has 0 aliphatic rings. The van der Waals surface area contributed by atoms with Crippen molar-refractivity contribution in [3.63, 3.8) is 0 Å². The molecule has 0 saturated heterocycles. The number of aliphatic carboxylic acids is 1. The van der Waals surface area contributed by atoms with Crippen molar-refractivity contribution in [2.75, 3.05) is 0 Å². The van der Waals surface area contributed by atoms with Gasteiger partial charge in [0.2, 0.25) is 0 Å². The van der Waals surface area contributed by atoms with E-state index < -0.39 is 34.8 Å². The fourth-order valence-electron chi connectivity index (χ4n) is 1.15. The topological polar surface area (TPSA) is 74.6 Å². The monoisotopic (exact) mass is 260 g/mol. The molecule has 0 aliphatic carbocycles. The van der Waals surface area contributed by atoms with Gasteiger partial charge in [-0.25, -0.2) is 4.79 Å². The van der Waals surface area contributed by atoms with Gasteiger partial charge >= 0.3 is 12.1 Å². The molecule has 0 aromatic heterocycles. The second kappa shape index (κ2) is 4.91. The molecule has 0 spiro atoms. The Balaban J connectivity index is 3.07. The van der Waals surface area contributed by atoms with E-state index in [1.54, 1.807) is 0 Å². The molecule has 0 fully saturated rings. The summed E-state index contributed by atoms with van der Waals surface area (Å²) >= 11 is 0. The number of carboxylic acids is 1. The molecule has 0 amide bonds. The van der Waals surface area contributed by atoms with Gasteiger partial charge in [0.1, 0.15) is 5.75 Å². The summed E-state index contributed by atoms with van der Waals surface area (Å²) < 4.78 is 36.8. The third-order valence-corrected chi connectivity index (χ3v) is 1.97. The molecular formula is C11H7F3O4. The second-order valence-corrected chi connectivity index (χ2v) is 3.27. The smallest absolute Gasteiger partial charge is 0.416 e. The zero-order valence-electron chi connectivity index (χ0n) is 8.73. The zero-order chi connectivity index (χ0) is 13.9.